The van der Waals surface area contributed by atoms with Crippen LogP contribution in [0.25, 0.3) is 11.2 Å². The Hall–Kier alpha value is -2.42. The number of nitrogens with zero attached hydrogens (tertiary/aromatic N) is 5. The number of carbonyl (C=O) groups excluding carboxylic acids is 1. The molecular weight excluding hydrogens is 324 g/mol. The summed E-state index contributed by atoms with van der Waals surface area (Å²) in [5, 5.41) is 0. The van der Waals surface area contributed by atoms with Crippen LogP contribution < -0.4 is 17.0 Å². The minimum Gasteiger partial charge on any atom is -0.344 e. The fraction of sp³-hybridized carbons (Fsp3) is 0.625. The van der Waals surface area contributed by atoms with Crippen molar-refractivity contribution in [2.75, 3.05) is 13.6 Å². The molecular formula is C16H26N6O3. The van der Waals surface area contributed by atoms with E-state index in [1.54, 1.807) is 19.0 Å². The minimum atomic E-state index is -0.465. The summed E-state index contributed by atoms with van der Waals surface area (Å²) in [4.78, 5) is 42.5. The second-order valence-corrected chi connectivity index (χ2v) is 6.76. The van der Waals surface area contributed by atoms with E-state index in [1.807, 2.05) is 13.8 Å². The zero-order chi connectivity index (χ0) is 18.9. The van der Waals surface area contributed by atoms with Crippen LogP contribution in [0, 0.1) is 5.92 Å². The van der Waals surface area contributed by atoms with Crippen molar-refractivity contribution in [2.45, 2.75) is 32.9 Å². The van der Waals surface area contributed by atoms with Gasteiger partial charge in [0, 0.05) is 33.7 Å². The molecule has 0 aliphatic heterocycles. The van der Waals surface area contributed by atoms with Crippen molar-refractivity contribution in [1.29, 1.82) is 0 Å². The van der Waals surface area contributed by atoms with Crippen molar-refractivity contribution in [3.05, 3.63) is 27.2 Å². The Morgan fingerprint density at radius 2 is 1.92 bits per heavy atom. The molecule has 0 saturated heterocycles. The summed E-state index contributed by atoms with van der Waals surface area (Å²) in [6, 6.07) is 0.0335. The number of hydrogen-bond donors (Lipinski definition) is 1. The van der Waals surface area contributed by atoms with E-state index in [1.165, 1.54) is 22.5 Å². The van der Waals surface area contributed by atoms with Crippen LogP contribution in [-0.4, -0.2) is 49.1 Å². The van der Waals surface area contributed by atoms with Gasteiger partial charge in [0.1, 0.15) is 6.54 Å². The number of likely N-dealkylation sites (N-methyl/N-ethyl adjacent to an activating group) is 1. The smallest absolute Gasteiger partial charge is 0.332 e. The van der Waals surface area contributed by atoms with Crippen LogP contribution in [0.15, 0.2) is 15.9 Å². The van der Waals surface area contributed by atoms with Crippen LogP contribution in [0.5, 0.6) is 0 Å². The molecule has 2 N–H and O–H groups in total. The number of aromatic nitrogens is 4. The monoisotopic (exact) mass is 350 g/mol. The van der Waals surface area contributed by atoms with Crippen molar-refractivity contribution >= 4 is 17.1 Å². The molecule has 0 aromatic carbocycles. The van der Waals surface area contributed by atoms with Crippen molar-refractivity contribution in [1.82, 2.24) is 23.6 Å². The summed E-state index contributed by atoms with van der Waals surface area (Å²) < 4.78 is 3.79. The number of imidazole rings is 1. The predicted octanol–water partition coefficient (Wildman–Crippen LogP) is -0.734. The van der Waals surface area contributed by atoms with Crippen LogP contribution in [0.3, 0.4) is 0 Å². The first kappa shape index (κ1) is 18.9. The maximum Gasteiger partial charge on any atom is 0.332 e. The maximum absolute atomic E-state index is 12.4. The number of nitrogens with two attached hydrogens (primary N) is 1. The SMILES string of the molecule is CC(C)C(N)CCN(C)C(=O)Cn1cnc2c1c(=O)n(C)c(=O)n2C. The lowest BCUT2D eigenvalue weighted by Gasteiger charge is -2.21. The van der Waals surface area contributed by atoms with E-state index >= 15 is 0 Å². The molecule has 0 radical (unpaired) electrons. The molecule has 9 heteroatoms. The first-order valence-corrected chi connectivity index (χ1v) is 8.25. The molecule has 9 nitrogen and oxygen atoms in total. The van der Waals surface area contributed by atoms with E-state index < -0.39 is 11.2 Å². The zero-order valence-corrected chi connectivity index (χ0v) is 15.4. The Labute approximate surface area is 145 Å². The van der Waals surface area contributed by atoms with Gasteiger partial charge in [0.25, 0.3) is 5.56 Å². The molecule has 0 saturated carbocycles. The Morgan fingerprint density at radius 3 is 2.52 bits per heavy atom. The molecule has 0 bridgehead atoms. The van der Waals surface area contributed by atoms with Gasteiger partial charge in [0.2, 0.25) is 5.91 Å². The van der Waals surface area contributed by atoms with E-state index in [9.17, 15) is 14.4 Å². The topological polar surface area (TPSA) is 108 Å². The summed E-state index contributed by atoms with van der Waals surface area (Å²) in [7, 11) is 4.66. The Balaban J connectivity index is 2.22. The van der Waals surface area contributed by atoms with Gasteiger partial charge in [-0.1, -0.05) is 13.8 Å². The predicted molar refractivity (Wildman–Crippen MR) is 95.3 cm³/mol. The number of aryl methyl sites for hydroxylation is 1. The van der Waals surface area contributed by atoms with Gasteiger partial charge in [0.15, 0.2) is 11.2 Å². The lowest BCUT2D eigenvalue weighted by molar-refractivity contribution is -0.130. The number of amides is 1. The maximum atomic E-state index is 12.4. The highest BCUT2D eigenvalue weighted by Crippen LogP contribution is 2.07. The van der Waals surface area contributed by atoms with Gasteiger partial charge in [-0.05, 0) is 12.3 Å². The fourth-order valence-corrected chi connectivity index (χ4v) is 2.58. The molecule has 1 unspecified atom stereocenters. The van der Waals surface area contributed by atoms with E-state index in [0.717, 1.165) is 4.57 Å². The third-order valence-corrected chi connectivity index (χ3v) is 4.60. The van der Waals surface area contributed by atoms with Crippen molar-refractivity contribution < 1.29 is 4.79 Å². The van der Waals surface area contributed by atoms with Gasteiger partial charge < -0.3 is 15.2 Å². The Kier molecular flexibility index (Phi) is 5.46. The standard InChI is InChI=1S/C16H26N6O3/c1-10(2)11(17)6-7-19(3)12(23)8-22-9-18-14-13(22)15(24)21(5)16(25)20(14)4/h9-11H,6-8,17H2,1-5H3. The molecule has 138 valence electrons. The molecule has 25 heavy (non-hydrogen) atoms. The molecule has 0 aliphatic rings. The van der Waals surface area contributed by atoms with Crippen LogP contribution in [0.2, 0.25) is 0 Å². The van der Waals surface area contributed by atoms with E-state index in [-0.39, 0.29) is 29.7 Å². The first-order valence-electron chi connectivity index (χ1n) is 8.25. The van der Waals surface area contributed by atoms with E-state index in [4.69, 9.17) is 5.73 Å². The lowest BCUT2D eigenvalue weighted by Crippen LogP contribution is -2.38. The minimum absolute atomic E-state index is 0.0165. The zero-order valence-electron chi connectivity index (χ0n) is 15.4. The van der Waals surface area contributed by atoms with E-state index in [2.05, 4.69) is 4.98 Å². The fourth-order valence-electron chi connectivity index (χ4n) is 2.58. The average molecular weight is 350 g/mol. The van der Waals surface area contributed by atoms with Crippen LogP contribution in [0.1, 0.15) is 20.3 Å². The molecule has 2 aromatic heterocycles. The first-order chi connectivity index (χ1) is 11.6. The van der Waals surface area contributed by atoms with Gasteiger partial charge in [-0.15, -0.1) is 0 Å². The number of hydrogen-bond acceptors (Lipinski definition) is 5. The average Bonchev–Trinajstić information content (AvgIpc) is 2.98. The van der Waals surface area contributed by atoms with E-state index in [0.29, 0.717) is 18.9 Å². The number of carbonyl (C=O) groups is 1. The van der Waals surface area contributed by atoms with Gasteiger partial charge in [-0.3, -0.25) is 18.7 Å². The highest BCUT2D eigenvalue weighted by molar-refractivity contribution is 5.78. The molecule has 0 aliphatic carbocycles. The second kappa shape index (κ2) is 7.22. The molecule has 2 rings (SSSR count). The van der Waals surface area contributed by atoms with Gasteiger partial charge in [-0.2, -0.15) is 0 Å². The summed E-state index contributed by atoms with van der Waals surface area (Å²) in [6.07, 6.45) is 2.12. The van der Waals surface area contributed by atoms with Crippen LogP contribution >= 0.6 is 0 Å². The van der Waals surface area contributed by atoms with Crippen molar-refractivity contribution in [3.63, 3.8) is 0 Å². The van der Waals surface area contributed by atoms with Crippen LogP contribution in [-0.2, 0) is 25.4 Å². The van der Waals surface area contributed by atoms with Crippen LogP contribution in [0.4, 0.5) is 0 Å². The highest BCUT2D eigenvalue weighted by Gasteiger charge is 2.18. The van der Waals surface area contributed by atoms with Crippen molar-refractivity contribution in [2.24, 2.45) is 25.7 Å². The largest absolute Gasteiger partial charge is 0.344 e. The molecule has 0 fully saturated rings. The number of fused-ring (bicyclic) bond motifs is 1. The van der Waals surface area contributed by atoms with Crippen molar-refractivity contribution in [3.8, 4) is 0 Å². The summed E-state index contributed by atoms with van der Waals surface area (Å²) >= 11 is 0. The molecule has 2 aromatic rings. The molecule has 1 amide bonds. The van der Waals surface area contributed by atoms with Gasteiger partial charge >= 0.3 is 5.69 Å². The quantitative estimate of drug-likeness (QED) is 0.739. The second-order valence-electron chi connectivity index (χ2n) is 6.76. The van der Waals surface area contributed by atoms with Gasteiger partial charge in [0.05, 0.1) is 6.33 Å². The molecule has 2 heterocycles. The molecule has 1 atom stereocenters. The number of rotatable bonds is 6. The third kappa shape index (κ3) is 3.65. The molecule has 0 spiro atoms. The lowest BCUT2D eigenvalue weighted by atomic mass is 10.0. The Bertz CT molecular complexity index is 892. The Morgan fingerprint density at radius 1 is 1.28 bits per heavy atom. The summed E-state index contributed by atoms with van der Waals surface area (Å²) in [5.41, 5.74) is 5.61. The summed E-state index contributed by atoms with van der Waals surface area (Å²) in [6.45, 7) is 4.62. The normalized spacial score (nSPS) is 12.8. The summed E-state index contributed by atoms with van der Waals surface area (Å²) in [5.74, 6) is 0.205. The third-order valence-electron chi connectivity index (χ3n) is 4.60. The highest BCUT2D eigenvalue weighted by atomic mass is 16.2. The van der Waals surface area contributed by atoms with Gasteiger partial charge in [-0.25, -0.2) is 9.78 Å².